The van der Waals surface area contributed by atoms with Crippen LogP contribution in [0.4, 0.5) is 23.1 Å². The molecule has 3 amide bonds. The lowest BCUT2D eigenvalue weighted by Crippen LogP contribution is -2.34. The summed E-state index contributed by atoms with van der Waals surface area (Å²) in [7, 11) is 0. The van der Waals surface area contributed by atoms with Gasteiger partial charge < -0.3 is 10.6 Å². The van der Waals surface area contributed by atoms with Crippen LogP contribution in [0.2, 0.25) is 0 Å². The predicted octanol–water partition coefficient (Wildman–Crippen LogP) is 1.50. The lowest BCUT2D eigenvalue weighted by Gasteiger charge is -2.15. The van der Waals surface area contributed by atoms with Crippen LogP contribution in [0.25, 0.3) is 0 Å². The van der Waals surface area contributed by atoms with Crippen molar-refractivity contribution in [2.75, 3.05) is 18.4 Å². The first kappa shape index (κ1) is 14.6. The Hall–Kier alpha value is -1.84. The summed E-state index contributed by atoms with van der Waals surface area (Å²) in [5, 5.41) is 2.97. The molecule has 0 saturated carbocycles. The molecule has 6 nitrogen and oxygen atoms in total. The number of halogens is 3. The molecule has 20 heavy (non-hydrogen) atoms. The van der Waals surface area contributed by atoms with Crippen LogP contribution in [0.3, 0.4) is 0 Å². The van der Waals surface area contributed by atoms with Crippen molar-refractivity contribution in [1.82, 2.24) is 9.88 Å². The summed E-state index contributed by atoms with van der Waals surface area (Å²) < 4.78 is 37.0. The molecule has 1 atom stereocenters. The van der Waals surface area contributed by atoms with Crippen LogP contribution in [-0.2, 0) is 11.0 Å². The lowest BCUT2D eigenvalue weighted by atomic mass is 10.1. The molecule has 1 aromatic rings. The maximum Gasteiger partial charge on any atom is 0.434 e. The molecule has 3 N–H and O–H groups in total. The van der Waals surface area contributed by atoms with Crippen molar-refractivity contribution in [2.45, 2.75) is 12.6 Å². The summed E-state index contributed by atoms with van der Waals surface area (Å²) in [6.45, 7) is 0.496. The van der Waals surface area contributed by atoms with Crippen LogP contribution < -0.4 is 11.1 Å². The van der Waals surface area contributed by atoms with Gasteiger partial charge in [0.25, 0.3) is 0 Å². The maximum absolute atomic E-state index is 12.3. The number of carbonyl (C=O) groups is 2. The zero-order valence-corrected chi connectivity index (χ0v) is 10.9. The van der Waals surface area contributed by atoms with Gasteiger partial charge in [0.15, 0.2) is 10.8 Å². The van der Waals surface area contributed by atoms with E-state index in [1.165, 1.54) is 4.90 Å². The van der Waals surface area contributed by atoms with Gasteiger partial charge in [-0.1, -0.05) is 0 Å². The van der Waals surface area contributed by atoms with Gasteiger partial charge in [0, 0.05) is 18.5 Å². The first-order valence-electron chi connectivity index (χ1n) is 5.65. The van der Waals surface area contributed by atoms with Gasteiger partial charge in [0.2, 0.25) is 5.91 Å². The standard InChI is InChI=1S/C10H11F3N4O2S/c11-10(12,13)6-4-20-8(15-6)16-9(19)17-2-1-5(3-17)7(14)18/h4-5H,1-3H2,(H2,14,18)(H,15,16,19)/t5-/m1/s1. The number of hydrogen-bond donors (Lipinski definition) is 2. The molecular formula is C10H11F3N4O2S. The molecule has 1 fully saturated rings. The molecule has 10 heteroatoms. The van der Waals surface area contributed by atoms with Crippen LogP contribution in [0.5, 0.6) is 0 Å². The van der Waals surface area contributed by atoms with Gasteiger partial charge in [0.05, 0.1) is 5.92 Å². The Labute approximate surface area is 115 Å². The molecule has 0 spiro atoms. The van der Waals surface area contributed by atoms with E-state index in [0.29, 0.717) is 24.3 Å². The quantitative estimate of drug-likeness (QED) is 0.868. The number of thiazole rings is 1. The number of carbonyl (C=O) groups excluding carboxylic acids is 2. The van der Waals surface area contributed by atoms with Gasteiger partial charge >= 0.3 is 12.2 Å². The minimum Gasteiger partial charge on any atom is -0.369 e. The third kappa shape index (κ3) is 3.18. The zero-order chi connectivity index (χ0) is 14.9. The summed E-state index contributed by atoms with van der Waals surface area (Å²) in [4.78, 5) is 27.4. The molecule has 0 aromatic carbocycles. The number of anilines is 1. The third-order valence-corrected chi connectivity index (χ3v) is 3.64. The Morgan fingerprint density at radius 1 is 1.50 bits per heavy atom. The first-order valence-corrected chi connectivity index (χ1v) is 6.53. The molecule has 1 aliphatic rings. The molecule has 2 rings (SSSR count). The Kier molecular flexibility index (Phi) is 3.84. The lowest BCUT2D eigenvalue weighted by molar-refractivity contribution is -0.140. The fourth-order valence-electron chi connectivity index (χ4n) is 1.81. The van der Waals surface area contributed by atoms with E-state index in [2.05, 4.69) is 10.3 Å². The summed E-state index contributed by atoms with van der Waals surface area (Å²) in [6, 6.07) is -0.586. The molecule has 0 aliphatic carbocycles. The molecule has 110 valence electrons. The Balaban J connectivity index is 1.95. The second kappa shape index (κ2) is 5.27. The number of alkyl halides is 3. The Morgan fingerprint density at radius 2 is 2.20 bits per heavy atom. The maximum atomic E-state index is 12.3. The van der Waals surface area contributed by atoms with E-state index in [-0.39, 0.29) is 11.7 Å². The number of primary amides is 1. The molecule has 2 heterocycles. The molecule has 1 aliphatic heterocycles. The van der Waals surface area contributed by atoms with Crippen molar-refractivity contribution < 1.29 is 22.8 Å². The molecule has 0 bridgehead atoms. The largest absolute Gasteiger partial charge is 0.434 e. The SMILES string of the molecule is NC(=O)[C@@H]1CCN(C(=O)Nc2nc(C(F)(F)F)cs2)C1. The molecule has 1 saturated heterocycles. The van der Waals surface area contributed by atoms with E-state index < -0.39 is 29.7 Å². The van der Waals surface area contributed by atoms with Crippen LogP contribution in [0, 0.1) is 5.92 Å². The Bertz CT molecular complexity index is 531. The number of nitrogens with two attached hydrogens (primary N) is 1. The predicted molar refractivity (Wildman–Crippen MR) is 65.0 cm³/mol. The minimum atomic E-state index is -4.54. The highest BCUT2D eigenvalue weighted by molar-refractivity contribution is 7.13. The summed E-state index contributed by atoms with van der Waals surface area (Å²) in [5.74, 6) is -0.906. The number of urea groups is 1. The van der Waals surface area contributed by atoms with Crippen molar-refractivity contribution in [1.29, 1.82) is 0 Å². The molecule has 0 radical (unpaired) electrons. The highest BCUT2D eigenvalue weighted by atomic mass is 32.1. The van der Waals surface area contributed by atoms with Gasteiger partial charge in [-0.15, -0.1) is 11.3 Å². The topological polar surface area (TPSA) is 88.3 Å². The molecular weight excluding hydrogens is 297 g/mol. The number of nitrogens with one attached hydrogen (secondary N) is 1. The van der Waals surface area contributed by atoms with Crippen LogP contribution in [0.15, 0.2) is 5.38 Å². The minimum absolute atomic E-state index is 0.134. The van der Waals surface area contributed by atoms with E-state index in [4.69, 9.17) is 5.73 Å². The van der Waals surface area contributed by atoms with Gasteiger partial charge in [-0.2, -0.15) is 13.2 Å². The van der Waals surface area contributed by atoms with E-state index in [1.807, 2.05) is 0 Å². The van der Waals surface area contributed by atoms with Crippen LogP contribution >= 0.6 is 11.3 Å². The van der Waals surface area contributed by atoms with Gasteiger partial charge in [-0.25, -0.2) is 9.78 Å². The van der Waals surface area contributed by atoms with Crippen molar-refractivity contribution >= 4 is 28.4 Å². The van der Waals surface area contributed by atoms with E-state index in [0.717, 1.165) is 5.38 Å². The first-order chi connectivity index (χ1) is 9.27. The van der Waals surface area contributed by atoms with E-state index in [1.54, 1.807) is 0 Å². The zero-order valence-electron chi connectivity index (χ0n) is 10.1. The van der Waals surface area contributed by atoms with Crippen molar-refractivity contribution in [3.63, 3.8) is 0 Å². The van der Waals surface area contributed by atoms with Gasteiger partial charge in [-0.05, 0) is 6.42 Å². The van der Waals surface area contributed by atoms with Gasteiger partial charge in [0.1, 0.15) is 0 Å². The van der Waals surface area contributed by atoms with Gasteiger partial charge in [-0.3, -0.25) is 10.1 Å². The number of nitrogens with zero attached hydrogens (tertiary/aromatic N) is 2. The highest BCUT2D eigenvalue weighted by Crippen LogP contribution is 2.31. The summed E-state index contributed by atoms with van der Waals surface area (Å²) in [6.07, 6.45) is -4.08. The van der Waals surface area contributed by atoms with Crippen LogP contribution in [0.1, 0.15) is 12.1 Å². The number of rotatable bonds is 2. The van der Waals surface area contributed by atoms with Crippen molar-refractivity contribution in [3.8, 4) is 0 Å². The fraction of sp³-hybridized carbons (Fsp3) is 0.500. The smallest absolute Gasteiger partial charge is 0.369 e. The summed E-state index contributed by atoms with van der Waals surface area (Å²) >= 11 is 0.689. The highest BCUT2D eigenvalue weighted by Gasteiger charge is 2.34. The third-order valence-electron chi connectivity index (χ3n) is 2.89. The second-order valence-corrected chi connectivity index (χ2v) is 5.16. The molecule has 0 unspecified atom stereocenters. The average molecular weight is 308 g/mol. The van der Waals surface area contributed by atoms with E-state index in [9.17, 15) is 22.8 Å². The normalized spacial score (nSPS) is 19.1. The average Bonchev–Trinajstić information content (AvgIpc) is 2.95. The second-order valence-electron chi connectivity index (χ2n) is 4.30. The van der Waals surface area contributed by atoms with Crippen molar-refractivity contribution in [3.05, 3.63) is 11.1 Å². The number of amides is 3. The van der Waals surface area contributed by atoms with Crippen molar-refractivity contribution in [2.24, 2.45) is 11.7 Å². The summed E-state index contributed by atoms with van der Waals surface area (Å²) in [5.41, 5.74) is 4.08. The number of likely N-dealkylation sites (tertiary alicyclic amines) is 1. The van der Waals surface area contributed by atoms with Crippen LogP contribution in [-0.4, -0.2) is 34.9 Å². The monoisotopic (exact) mass is 308 g/mol. The number of aromatic nitrogens is 1. The molecule has 1 aromatic heterocycles. The van der Waals surface area contributed by atoms with E-state index >= 15 is 0 Å². The Morgan fingerprint density at radius 3 is 2.70 bits per heavy atom. The number of hydrogen-bond acceptors (Lipinski definition) is 4. The fourth-order valence-corrected chi connectivity index (χ4v) is 2.52.